The Morgan fingerprint density at radius 1 is 1.00 bits per heavy atom. The highest BCUT2D eigenvalue weighted by Gasteiger charge is 2.45. The lowest BCUT2D eigenvalue weighted by molar-refractivity contribution is -0.149. The molecule has 2 aromatic carbocycles. The maximum absolute atomic E-state index is 12.2. The third-order valence-corrected chi connectivity index (χ3v) is 6.29. The van der Waals surface area contributed by atoms with Crippen LogP contribution in [0, 0.1) is 11.8 Å². The number of alkyl halides is 1. The van der Waals surface area contributed by atoms with Crippen LogP contribution in [0.2, 0.25) is 0 Å². The standard InChI is InChI=1S/C25H33BrO5/c1-18(15-30-16-20-11-7-5-8-12-20)22(31-17-21-13-9-6-10-14-21)19(2)23(27)25(3,26)24(28)29-4/h5-14,18-19,22-23,27H,15-17H2,1-4H3/t18-,19-,22+,23-,25?/m0/s1. The van der Waals surface area contributed by atoms with Gasteiger partial charge in [-0.3, -0.25) is 4.79 Å². The number of methoxy groups -OCH3 is 1. The topological polar surface area (TPSA) is 65.0 Å². The van der Waals surface area contributed by atoms with E-state index in [9.17, 15) is 9.90 Å². The molecule has 2 rings (SSSR count). The molecule has 5 nitrogen and oxygen atoms in total. The number of hydrogen-bond donors (Lipinski definition) is 1. The number of rotatable bonds is 12. The fourth-order valence-electron chi connectivity index (χ4n) is 3.63. The molecule has 0 aromatic heterocycles. The van der Waals surface area contributed by atoms with Crippen LogP contribution in [0.3, 0.4) is 0 Å². The number of halogens is 1. The summed E-state index contributed by atoms with van der Waals surface area (Å²) in [6.07, 6.45) is -1.36. The van der Waals surface area contributed by atoms with Gasteiger partial charge in [0.25, 0.3) is 0 Å². The van der Waals surface area contributed by atoms with Crippen LogP contribution in [0.1, 0.15) is 31.9 Å². The van der Waals surface area contributed by atoms with E-state index in [-0.39, 0.29) is 17.9 Å². The van der Waals surface area contributed by atoms with Crippen molar-refractivity contribution in [1.82, 2.24) is 0 Å². The minimum atomic E-state index is -1.24. The minimum absolute atomic E-state index is 0.0157. The van der Waals surface area contributed by atoms with Gasteiger partial charge in [-0.2, -0.15) is 0 Å². The molecule has 0 saturated carbocycles. The maximum atomic E-state index is 12.2. The van der Waals surface area contributed by atoms with E-state index in [1.807, 2.05) is 74.5 Å². The summed E-state index contributed by atoms with van der Waals surface area (Å²) in [4.78, 5) is 12.2. The first kappa shape index (κ1) is 25.5. The third kappa shape index (κ3) is 7.42. The van der Waals surface area contributed by atoms with Crippen LogP contribution in [0.4, 0.5) is 0 Å². The molecule has 1 unspecified atom stereocenters. The summed E-state index contributed by atoms with van der Waals surface area (Å²) < 4.78 is 15.8. The summed E-state index contributed by atoms with van der Waals surface area (Å²) in [5.41, 5.74) is 2.14. The van der Waals surface area contributed by atoms with Crippen molar-refractivity contribution >= 4 is 21.9 Å². The van der Waals surface area contributed by atoms with Crippen molar-refractivity contribution in [3.8, 4) is 0 Å². The Balaban J connectivity index is 2.09. The van der Waals surface area contributed by atoms with Gasteiger partial charge in [0.05, 0.1) is 39.1 Å². The second-order valence-electron chi connectivity index (χ2n) is 8.11. The van der Waals surface area contributed by atoms with Crippen LogP contribution in [0.15, 0.2) is 60.7 Å². The average Bonchev–Trinajstić information content (AvgIpc) is 2.79. The van der Waals surface area contributed by atoms with E-state index in [2.05, 4.69) is 15.9 Å². The molecule has 0 aliphatic heterocycles. The van der Waals surface area contributed by atoms with E-state index in [0.29, 0.717) is 19.8 Å². The number of hydrogen-bond acceptors (Lipinski definition) is 5. The summed E-state index contributed by atoms with van der Waals surface area (Å²) in [6, 6.07) is 19.9. The molecule has 0 radical (unpaired) electrons. The molecule has 5 atom stereocenters. The monoisotopic (exact) mass is 492 g/mol. The zero-order valence-electron chi connectivity index (χ0n) is 18.7. The van der Waals surface area contributed by atoms with Crippen LogP contribution >= 0.6 is 15.9 Å². The van der Waals surface area contributed by atoms with Gasteiger partial charge >= 0.3 is 5.97 Å². The molecule has 0 heterocycles. The molecule has 0 saturated heterocycles. The predicted molar refractivity (Wildman–Crippen MR) is 125 cm³/mol. The van der Waals surface area contributed by atoms with Crippen LogP contribution in [0.25, 0.3) is 0 Å². The van der Waals surface area contributed by atoms with E-state index < -0.39 is 16.4 Å². The molecule has 31 heavy (non-hydrogen) atoms. The van der Waals surface area contributed by atoms with Gasteiger partial charge in [0, 0.05) is 11.8 Å². The SMILES string of the molecule is COC(=O)C(C)(Br)[C@@H](O)[C@@H](C)[C@H](OCc1ccccc1)[C@@H](C)COCc1ccccc1. The minimum Gasteiger partial charge on any atom is -0.468 e. The van der Waals surface area contributed by atoms with Gasteiger partial charge in [0.1, 0.15) is 4.32 Å². The van der Waals surface area contributed by atoms with Gasteiger partial charge in [0.2, 0.25) is 0 Å². The highest BCUT2D eigenvalue weighted by atomic mass is 79.9. The lowest BCUT2D eigenvalue weighted by atomic mass is 9.84. The first-order valence-electron chi connectivity index (χ1n) is 10.5. The number of carbonyl (C=O) groups is 1. The number of esters is 1. The Bertz CT molecular complexity index is 781. The molecular formula is C25H33BrO5. The molecule has 0 fully saturated rings. The first-order chi connectivity index (χ1) is 14.8. The van der Waals surface area contributed by atoms with Gasteiger partial charge < -0.3 is 19.3 Å². The average molecular weight is 493 g/mol. The van der Waals surface area contributed by atoms with Crippen LogP contribution in [0.5, 0.6) is 0 Å². The molecule has 0 amide bonds. The van der Waals surface area contributed by atoms with Crippen molar-refractivity contribution in [2.24, 2.45) is 11.8 Å². The fraction of sp³-hybridized carbons (Fsp3) is 0.480. The first-order valence-corrected chi connectivity index (χ1v) is 11.3. The van der Waals surface area contributed by atoms with E-state index in [4.69, 9.17) is 14.2 Å². The molecular weight excluding hydrogens is 460 g/mol. The highest BCUT2D eigenvalue weighted by Crippen LogP contribution is 2.33. The summed E-state index contributed by atoms with van der Waals surface area (Å²) in [5.74, 6) is -0.901. The molecule has 6 heteroatoms. The van der Waals surface area contributed by atoms with Gasteiger partial charge in [-0.05, 0) is 18.1 Å². The zero-order chi connectivity index (χ0) is 22.9. The van der Waals surface area contributed by atoms with Crippen molar-refractivity contribution in [2.45, 2.75) is 50.5 Å². The van der Waals surface area contributed by atoms with E-state index in [1.165, 1.54) is 7.11 Å². The largest absolute Gasteiger partial charge is 0.468 e. The van der Waals surface area contributed by atoms with Crippen molar-refractivity contribution < 1.29 is 24.1 Å². The quantitative estimate of drug-likeness (QED) is 0.342. The Morgan fingerprint density at radius 3 is 2.03 bits per heavy atom. The molecule has 170 valence electrons. The maximum Gasteiger partial charge on any atom is 0.325 e. The number of benzene rings is 2. The van der Waals surface area contributed by atoms with Crippen LogP contribution in [-0.4, -0.2) is 41.3 Å². The fourth-order valence-corrected chi connectivity index (χ4v) is 4.21. The molecule has 0 bridgehead atoms. The number of ether oxygens (including phenoxy) is 3. The highest BCUT2D eigenvalue weighted by molar-refractivity contribution is 9.10. The van der Waals surface area contributed by atoms with Crippen LogP contribution < -0.4 is 0 Å². The van der Waals surface area contributed by atoms with Crippen molar-refractivity contribution in [2.75, 3.05) is 13.7 Å². The van der Waals surface area contributed by atoms with E-state index >= 15 is 0 Å². The molecule has 2 aromatic rings. The number of aliphatic hydroxyl groups is 1. The van der Waals surface area contributed by atoms with Crippen molar-refractivity contribution in [3.05, 3.63) is 71.8 Å². The lowest BCUT2D eigenvalue weighted by Crippen LogP contribution is -2.50. The summed E-state index contributed by atoms with van der Waals surface area (Å²) >= 11 is 3.36. The van der Waals surface area contributed by atoms with E-state index in [1.54, 1.807) is 6.92 Å². The molecule has 0 aliphatic rings. The normalized spacial score (nSPS) is 17.2. The molecule has 1 N–H and O–H groups in total. The second-order valence-corrected chi connectivity index (χ2v) is 9.76. The molecule has 0 spiro atoms. The van der Waals surface area contributed by atoms with Crippen molar-refractivity contribution in [3.63, 3.8) is 0 Å². The zero-order valence-corrected chi connectivity index (χ0v) is 20.2. The summed E-state index contributed by atoms with van der Waals surface area (Å²) in [7, 11) is 1.31. The Morgan fingerprint density at radius 2 is 1.52 bits per heavy atom. The van der Waals surface area contributed by atoms with Gasteiger partial charge in [0.15, 0.2) is 0 Å². The Labute approximate surface area is 193 Å². The Hall–Kier alpha value is -1.73. The summed E-state index contributed by atoms with van der Waals surface area (Å²) in [5, 5.41) is 11.0. The smallest absolute Gasteiger partial charge is 0.325 e. The lowest BCUT2D eigenvalue weighted by Gasteiger charge is -2.37. The Kier molecular flexibility index (Phi) is 10.2. The van der Waals surface area contributed by atoms with Gasteiger partial charge in [-0.25, -0.2) is 0 Å². The second kappa shape index (κ2) is 12.3. The predicted octanol–water partition coefficient (Wildman–Crippen LogP) is 4.75. The van der Waals surface area contributed by atoms with Gasteiger partial charge in [-0.1, -0.05) is 90.4 Å². The van der Waals surface area contributed by atoms with E-state index in [0.717, 1.165) is 11.1 Å². The molecule has 0 aliphatic carbocycles. The number of aliphatic hydroxyl groups excluding tert-OH is 1. The van der Waals surface area contributed by atoms with Crippen molar-refractivity contribution in [1.29, 1.82) is 0 Å². The van der Waals surface area contributed by atoms with Crippen LogP contribution in [-0.2, 0) is 32.2 Å². The number of carbonyl (C=O) groups excluding carboxylic acids is 1. The summed E-state index contributed by atoms with van der Waals surface area (Å²) in [6.45, 7) is 6.91. The third-order valence-electron chi connectivity index (χ3n) is 5.49. The van der Waals surface area contributed by atoms with Gasteiger partial charge in [-0.15, -0.1) is 0 Å².